The lowest BCUT2D eigenvalue weighted by Crippen LogP contribution is -2.60. The third-order valence-electron chi connectivity index (χ3n) is 17.1. The number of hydrogen-bond acceptors (Lipinski definition) is 8. The van der Waals surface area contributed by atoms with Crippen LogP contribution in [0.1, 0.15) is 367 Å². The Balaban J connectivity index is 2.02. The van der Waals surface area contributed by atoms with Crippen molar-refractivity contribution in [3.63, 3.8) is 0 Å². The molecule has 7 unspecified atom stereocenters. The number of carbonyl (C=O) groups excluding carboxylic acids is 1. The van der Waals surface area contributed by atoms with Gasteiger partial charge >= 0.3 is 0 Å². The van der Waals surface area contributed by atoms with Crippen LogP contribution in [0.2, 0.25) is 0 Å². The van der Waals surface area contributed by atoms with Crippen LogP contribution in [0.3, 0.4) is 0 Å². The van der Waals surface area contributed by atoms with Gasteiger partial charge in [0.25, 0.3) is 0 Å². The number of nitrogens with one attached hydrogen (secondary N) is 1. The molecule has 464 valence electrons. The van der Waals surface area contributed by atoms with Crippen LogP contribution in [0, 0.1) is 0 Å². The molecular formula is C69H135NO8. The monoisotopic (exact) mass is 1110 g/mol. The molecule has 1 heterocycles. The first-order valence-electron chi connectivity index (χ1n) is 34.9. The summed E-state index contributed by atoms with van der Waals surface area (Å²) in [5.41, 5.74) is 0. The summed E-state index contributed by atoms with van der Waals surface area (Å²) in [5.74, 6) is -0.168. The Kier molecular flexibility index (Phi) is 56.8. The number of ether oxygens (including phenoxy) is 2. The molecule has 1 fully saturated rings. The lowest BCUT2D eigenvalue weighted by Gasteiger charge is -2.40. The van der Waals surface area contributed by atoms with Crippen molar-refractivity contribution < 1.29 is 39.8 Å². The van der Waals surface area contributed by atoms with Crippen LogP contribution in [-0.2, 0) is 14.3 Å². The lowest BCUT2D eigenvalue weighted by molar-refractivity contribution is -0.302. The van der Waals surface area contributed by atoms with Gasteiger partial charge in [-0.1, -0.05) is 353 Å². The Morgan fingerprint density at radius 1 is 0.423 bits per heavy atom. The quantitative estimate of drug-likeness (QED) is 0.0261. The molecule has 1 aliphatic rings. The molecule has 0 bridgehead atoms. The topological polar surface area (TPSA) is 149 Å². The van der Waals surface area contributed by atoms with Crippen LogP contribution in [0.25, 0.3) is 0 Å². The molecular weight excluding hydrogens is 971 g/mol. The number of amides is 1. The number of allylic oxidation sites excluding steroid dienone is 1. The van der Waals surface area contributed by atoms with Crippen LogP contribution < -0.4 is 5.32 Å². The van der Waals surface area contributed by atoms with E-state index in [-0.39, 0.29) is 12.5 Å². The van der Waals surface area contributed by atoms with Gasteiger partial charge in [-0.25, -0.2) is 0 Å². The SMILES string of the molecule is CCCCCCCCCCCCCCCC/C=C/C(O)C(COC1OC(CO)C(O)C(O)C1O)NC(=O)CCCCCCCCCCCCCCCCCCCCCCCCCCCCCCCCCCCCCCCCC. The summed E-state index contributed by atoms with van der Waals surface area (Å²) in [7, 11) is 0. The summed E-state index contributed by atoms with van der Waals surface area (Å²) in [5, 5.41) is 54.6. The highest BCUT2D eigenvalue weighted by atomic mass is 16.7. The smallest absolute Gasteiger partial charge is 0.220 e. The second-order valence-electron chi connectivity index (χ2n) is 24.7. The first-order valence-corrected chi connectivity index (χ1v) is 34.9. The van der Waals surface area contributed by atoms with Crippen molar-refractivity contribution >= 4 is 5.91 Å². The zero-order valence-corrected chi connectivity index (χ0v) is 52.0. The van der Waals surface area contributed by atoms with Gasteiger partial charge in [-0.3, -0.25) is 4.79 Å². The second kappa shape index (κ2) is 59.1. The number of carbonyl (C=O) groups is 1. The minimum Gasteiger partial charge on any atom is -0.394 e. The summed E-state index contributed by atoms with van der Waals surface area (Å²) >= 11 is 0. The zero-order chi connectivity index (χ0) is 56.5. The van der Waals surface area contributed by atoms with Gasteiger partial charge in [0.2, 0.25) is 5.91 Å². The molecule has 78 heavy (non-hydrogen) atoms. The number of aliphatic hydroxyl groups is 5. The van der Waals surface area contributed by atoms with Crippen LogP contribution in [0.5, 0.6) is 0 Å². The molecule has 1 saturated heterocycles. The predicted molar refractivity (Wildman–Crippen MR) is 332 cm³/mol. The molecule has 0 spiro atoms. The number of aliphatic hydroxyl groups excluding tert-OH is 5. The summed E-state index contributed by atoms with van der Waals surface area (Å²) in [6.07, 6.45) is 69.1. The standard InChI is InChI=1S/C69H135NO8/c1-3-5-7-9-11-13-15-17-19-21-22-23-24-25-26-27-28-29-30-31-32-33-34-35-36-37-38-39-40-41-42-43-45-47-49-51-53-55-57-59-65(73)70-62(61-77-69-68(76)67(75)66(74)64(60-71)78-69)63(72)58-56-54-52-50-48-46-44-20-18-16-14-12-10-8-6-4-2/h56,58,62-64,66-69,71-72,74-76H,3-55,57,59-61H2,1-2H3,(H,70,73)/b58-56+. The lowest BCUT2D eigenvalue weighted by atomic mass is 9.99. The number of rotatable bonds is 62. The Hall–Kier alpha value is -1.07. The highest BCUT2D eigenvalue weighted by Crippen LogP contribution is 2.24. The molecule has 7 atom stereocenters. The van der Waals surface area contributed by atoms with Gasteiger partial charge in [0.1, 0.15) is 24.4 Å². The number of hydrogen-bond donors (Lipinski definition) is 6. The van der Waals surface area contributed by atoms with E-state index >= 15 is 0 Å². The van der Waals surface area contributed by atoms with Gasteiger partial charge in [-0.2, -0.15) is 0 Å². The Labute approximate surface area is 484 Å². The van der Waals surface area contributed by atoms with E-state index in [1.54, 1.807) is 6.08 Å². The molecule has 6 N–H and O–H groups in total. The Morgan fingerprint density at radius 2 is 0.705 bits per heavy atom. The van der Waals surface area contributed by atoms with Crippen LogP contribution >= 0.6 is 0 Å². The van der Waals surface area contributed by atoms with Gasteiger partial charge < -0.3 is 40.3 Å². The maximum Gasteiger partial charge on any atom is 0.220 e. The van der Waals surface area contributed by atoms with Crippen molar-refractivity contribution in [2.75, 3.05) is 13.2 Å². The van der Waals surface area contributed by atoms with E-state index in [0.29, 0.717) is 6.42 Å². The highest BCUT2D eigenvalue weighted by molar-refractivity contribution is 5.76. The van der Waals surface area contributed by atoms with Gasteiger partial charge in [-0.05, 0) is 19.3 Å². The maximum absolute atomic E-state index is 13.1. The first kappa shape index (κ1) is 74.9. The van der Waals surface area contributed by atoms with Gasteiger partial charge in [-0.15, -0.1) is 0 Å². The molecule has 0 aliphatic carbocycles. The van der Waals surface area contributed by atoms with Crippen LogP contribution in [-0.4, -0.2) is 87.5 Å². The van der Waals surface area contributed by atoms with Crippen LogP contribution in [0.15, 0.2) is 12.2 Å². The Bertz CT molecular complexity index is 1240. The summed E-state index contributed by atoms with van der Waals surface area (Å²) in [4.78, 5) is 13.1. The fourth-order valence-electron chi connectivity index (χ4n) is 11.6. The number of unbranched alkanes of at least 4 members (excludes halogenated alkanes) is 52. The minimum absolute atomic E-state index is 0.168. The molecule has 1 rings (SSSR count). The fourth-order valence-corrected chi connectivity index (χ4v) is 11.6. The summed E-state index contributed by atoms with van der Waals surface area (Å²) in [6.45, 7) is 3.83. The Morgan fingerprint density at radius 3 is 1.00 bits per heavy atom. The van der Waals surface area contributed by atoms with E-state index in [4.69, 9.17) is 9.47 Å². The van der Waals surface area contributed by atoms with E-state index in [2.05, 4.69) is 19.2 Å². The fraction of sp³-hybridized carbons (Fsp3) is 0.957. The van der Waals surface area contributed by atoms with Crippen molar-refractivity contribution in [3.8, 4) is 0 Å². The largest absolute Gasteiger partial charge is 0.394 e. The first-order chi connectivity index (χ1) is 38.3. The van der Waals surface area contributed by atoms with Crippen molar-refractivity contribution in [2.45, 2.75) is 410 Å². The van der Waals surface area contributed by atoms with Gasteiger partial charge in [0.15, 0.2) is 6.29 Å². The molecule has 0 aromatic rings. The van der Waals surface area contributed by atoms with E-state index in [9.17, 15) is 30.3 Å². The van der Waals surface area contributed by atoms with Gasteiger partial charge in [0, 0.05) is 6.42 Å². The maximum atomic E-state index is 13.1. The third-order valence-corrected chi connectivity index (χ3v) is 17.1. The van der Waals surface area contributed by atoms with Crippen molar-refractivity contribution in [1.82, 2.24) is 5.32 Å². The van der Waals surface area contributed by atoms with E-state index in [0.717, 1.165) is 38.5 Å². The molecule has 0 aromatic heterocycles. The normalized spacial score (nSPS) is 18.6. The highest BCUT2D eigenvalue weighted by Gasteiger charge is 2.44. The molecule has 1 amide bonds. The predicted octanol–water partition coefficient (Wildman–Crippen LogP) is 18.7. The van der Waals surface area contributed by atoms with Crippen molar-refractivity contribution in [3.05, 3.63) is 12.2 Å². The van der Waals surface area contributed by atoms with E-state index in [1.165, 1.54) is 308 Å². The molecule has 9 nitrogen and oxygen atoms in total. The molecule has 0 radical (unpaired) electrons. The average Bonchev–Trinajstić information content (AvgIpc) is 3.45. The molecule has 0 saturated carbocycles. The molecule has 1 aliphatic heterocycles. The van der Waals surface area contributed by atoms with E-state index < -0.39 is 49.5 Å². The third kappa shape index (κ3) is 47.4. The molecule has 9 heteroatoms. The van der Waals surface area contributed by atoms with Crippen molar-refractivity contribution in [2.24, 2.45) is 0 Å². The summed E-state index contributed by atoms with van der Waals surface area (Å²) < 4.78 is 11.3. The summed E-state index contributed by atoms with van der Waals surface area (Å²) in [6, 6.07) is -0.801. The average molecular weight is 1110 g/mol. The minimum atomic E-state index is -1.56. The molecule has 0 aromatic carbocycles. The van der Waals surface area contributed by atoms with Crippen LogP contribution in [0.4, 0.5) is 0 Å². The van der Waals surface area contributed by atoms with E-state index in [1.807, 2.05) is 6.08 Å². The zero-order valence-electron chi connectivity index (χ0n) is 52.0. The van der Waals surface area contributed by atoms with Gasteiger partial charge in [0.05, 0.1) is 25.4 Å². The van der Waals surface area contributed by atoms with Crippen molar-refractivity contribution in [1.29, 1.82) is 0 Å². The second-order valence-corrected chi connectivity index (χ2v) is 24.7.